The molecule has 0 aliphatic rings. The number of nitrogens with one attached hydrogen (secondary N) is 1. The number of ether oxygens (including phenoxy) is 1. The minimum Gasteiger partial charge on any atom is -0.465 e. The van der Waals surface area contributed by atoms with E-state index < -0.39 is 5.97 Å². The number of methoxy groups -OCH3 is 1. The van der Waals surface area contributed by atoms with Gasteiger partial charge in [-0.2, -0.15) is 0 Å². The minimum absolute atomic E-state index is 0.402. The molecular weight excluding hydrogens is 299 g/mol. The summed E-state index contributed by atoms with van der Waals surface area (Å²) in [5.74, 6) is 0.0539. The van der Waals surface area contributed by atoms with Crippen molar-refractivity contribution in [2.75, 3.05) is 12.4 Å². The average molecular weight is 311 g/mol. The van der Waals surface area contributed by atoms with Crippen LogP contribution in [0.25, 0.3) is 0 Å². The highest BCUT2D eigenvalue weighted by Crippen LogP contribution is 2.30. The number of carbonyl (C=O) groups is 1. The molecule has 0 fully saturated rings. The fourth-order valence-electron chi connectivity index (χ4n) is 1.62. The first-order valence-electron chi connectivity index (χ1n) is 5.78. The quantitative estimate of drug-likeness (QED) is 0.862. The van der Waals surface area contributed by atoms with Crippen LogP contribution in [0.3, 0.4) is 0 Å². The van der Waals surface area contributed by atoms with Crippen molar-refractivity contribution >= 4 is 40.7 Å². The third-order valence-electron chi connectivity index (χ3n) is 2.69. The van der Waals surface area contributed by atoms with E-state index in [4.69, 9.17) is 23.2 Å². The molecule has 0 bridgehead atoms. The monoisotopic (exact) mass is 310 g/mol. The number of aromatic nitrogens is 1. The fraction of sp³-hybridized carbons (Fsp3) is 0.143. The SMILES string of the molecule is COC(=O)c1ccnc(Nc2cc(Cl)c(C)cc2Cl)c1. The molecule has 1 aromatic heterocycles. The molecule has 0 spiro atoms. The number of rotatable bonds is 3. The Bertz CT molecular complexity index is 660. The van der Waals surface area contributed by atoms with Crippen LogP contribution in [0.2, 0.25) is 10.0 Å². The molecule has 6 heteroatoms. The summed E-state index contributed by atoms with van der Waals surface area (Å²) in [6, 6.07) is 6.62. The van der Waals surface area contributed by atoms with E-state index in [-0.39, 0.29) is 0 Å². The van der Waals surface area contributed by atoms with Gasteiger partial charge in [-0.25, -0.2) is 9.78 Å². The van der Waals surface area contributed by atoms with E-state index >= 15 is 0 Å². The van der Waals surface area contributed by atoms with Gasteiger partial charge in [-0.15, -0.1) is 0 Å². The predicted octanol–water partition coefficient (Wildman–Crippen LogP) is 4.23. The van der Waals surface area contributed by atoms with Crippen molar-refractivity contribution in [3.8, 4) is 0 Å². The van der Waals surface area contributed by atoms with E-state index in [0.717, 1.165) is 5.56 Å². The number of esters is 1. The molecule has 0 atom stereocenters. The van der Waals surface area contributed by atoms with E-state index in [1.165, 1.54) is 13.3 Å². The highest BCUT2D eigenvalue weighted by atomic mass is 35.5. The molecule has 1 heterocycles. The molecule has 4 nitrogen and oxygen atoms in total. The Hall–Kier alpha value is -1.78. The van der Waals surface area contributed by atoms with Gasteiger partial charge < -0.3 is 10.1 Å². The fourth-order valence-corrected chi connectivity index (χ4v) is 2.05. The first kappa shape index (κ1) is 14.6. The Kier molecular flexibility index (Phi) is 4.47. The van der Waals surface area contributed by atoms with E-state index in [0.29, 0.717) is 27.1 Å². The lowest BCUT2D eigenvalue weighted by molar-refractivity contribution is 0.0600. The molecule has 0 aliphatic heterocycles. The summed E-state index contributed by atoms with van der Waals surface area (Å²) >= 11 is 12.2. The molecule has 104 valence electrons. The lowest BCUT2D eigenvalue weighted by Crippen LogP contribution is -2.03. The standard InChI is InChI=1S/C14H12Cl2N2O2/c1-8-5-11(16)12(7-10(8)15)18-13-6-9(3-4-17-13)14(19)20-2/h3-7H,1-2H3,(H,17,18). The molecule has 0 saturated heterocycles. The van der Waals surface area contributed by atoms with Crippen molar-refractivity contribution in [2.45, 2.75) is 6.92 Å². The first-order valence-corrected chi connectivity index (χ1v) is 6.54. The highest BCUT2D eigenvalue weighted by Gasteiger charge is 2.09. The van der Waals surface area contributed by atoms with Crippen LogP contribution in [0.15, 0.2) is 30.5 Å². The van der Waals surface area contributed by atoms with Gasteiger partial charge in [0, 0.05) is 11.2 Å². The van der Waals surface area contributed by atoms with E-state index in [2.05, 4.69) is 15.0 Å². The predicted molar refractivity (Wildman–Crippen MR) is 80.1 cm³/mol. The molecule has 0 amide bonds. The van der Waals surface area contributed by atoms with Gasteiger partial charge in [0.25, 0.3) is 0 Å². The van der Waals surface area contributed by atoms with Crippen LogP contribution in [-0.4, -0.2) is 18.1 Å². The zero-order chi connectivity index (χ0) is 14.7. The van der Waals surface area contributed by atoms with Gasteiger partial charge in [0.2, 0.25) is 0 Å². The first-order chi connectivity index (χ1) is 9.51. The van der Waals surface area contributed by atoms with E-state index in [1.54, 1.807) is 24.3 Å². The highest BCUT2D eigenvalue weighted by molar-refractivity contribution is 6.35. The Morgan fingerprint density at radius 1 is 1.25 bits per heavy atom. The van der Waals surface area contributed by atoms with Gasteiger partial charge in [-0.3, -0.25) is 0 Å². The van der Waals surface area contributed by atoms with Crippen molar-refractivity contribution < 1.29 is 9.53 Å². The Balaban J connectivity index is 2.31. The molecule has 0 radical (unpaired) electrons. The van der Waals surface area contributed by atoms with Gasteiger partial charge in [0.15, 0.2) is 0 Å². The second-order valence-electron chi connectivity index (χ2n) is 4.13. The van der Waals surface area contributed by atoms with Crippen molar-refractivity contribution in [1.82, 2.24) is 4.98 Å². The van der Waals surface area contributed by atoms with Crippen LogP contribution in [-0.2, 0) is 4.74 Å². The number of hydrogen-bond donors (Lipinski definition) is 1. The summed E-state index contributed by atoms with van der Waals surface area (Å²) in [7, 11) is 1.33. The molecule has 2 aromatic rings. The lowest BCUT2D eigenvalue weighted by atomic mass is 10.2. The molecule has 20 heavy (non-hydrogen) atoms. The Morgan fingerprint density at radius 3 is 2.70 bits per heavy atom. The van der Waals surface area contributed by atoms with Gasteiger partial charge >= 0.3 is 5.97 Å². The molecule has 0 aliphatic carbocycles. The summed E-state index contributed by atoms with van der Waals surface area (Å²) in [5.41, 5.74) is 1.91. The molecule has 0 saturated carbocycles. The maximum absolute atomic E-state index is 11.5. The van der Waals surface area contributed by atoms with E-state index in [9.17, 15) is 4.79 Å². The summed E-state index contributed by atoms with van der Waals surface area (Å²) in [6.45, 7) is 1.87. The Labute approximate surface area is 126 Å². The number of nitrogens with zero attached hydrogens (tertiary/aromatic N) is 1. The van der Waals surface area contributed by atoms with Crippen molar-refractivity contribution in [1.29, 1.82) is 0 Å². The lowest BCUT2D eigenvalue weighted by Gasteiger charge is -2.10. The van der Waals surface area contributed by atoms with Crippen molar-refractivity contribution in [2.24, 2.45) is 0 Å². The number of benzene rings is 1. The smallest absolute Gasteiger partial charge is 0.338 e. The zero-order valence-electron chi connectivity index (χ0n) is 10.9. The van der Waals surface area contributed by atoms with E-state index in [1.807, 2.05) is 6.92 Å². The van der Waals surface area contributed by atoms with Gasteiger partial charge in [0.1, 0.15) is 5.82 Å². The molecule has 1 aromatic carbocycles. The molecule has 1 N–H and O–H groups in total. The third-order valence-corrected chi connectivity index (χ3v) is 3.41. The van der Waals surface area contributed by atoms with Crippen molar-refractivity contribution in [3.63, 3.8) is 0 Å². The number of halogens is 2. The topological polar surface area (TPSA) is 51.2 Å². The molecule has 0 unspecified atom stereocenters. The van der Waals surface area contributed by atoms with Gasteiger partial charge in [0.05, 0.1) is 23.4 Å². The van der Waals surface area contributed by atoms with Crippen LogP contribution >= 0.6 is 23.2 Å². The van der Waals surface area contributed by atoms with Crippen LogP contribution in [0, 0.1) is 6.92 Å². The zero-order valence-corrected chi connectivity index (χ0v) is 12.4. The van der Waals surface area contributed by atoms with Crippen LogP contribution in [0.5, 0.6) is 0 Å². The maximum Gasteiger partial charge on any atom is 0.338 e. The maximum atomic E-state index is 11.5. The second-order valence-corrected chi connectivity index (χ2v) is 4.94. The van der Waals surface area contributed by atoms with Gasteiger partial charge in [-0.1, -0.05) is 23.2 Å². The summed E-state index contributed by atoms with van der Waals surface area (Å²) in [6.07, 6.45) is 1.51. The minimum atomic E-state index is -0.427. The number of aryl methyl sites for hydroxylation is 1. The third kappa shape index (κ3) is 3.21. The number of carbonyl (C=O) groups excluding carboxylic acids is 1. The number of anilines is 2. The normalized spacial score (nSPS) is 10.2. The average Bonchev–Trinajstić information content (AvgIpc) is 2.44. The number of hydrogen-bond acceptors (Lipinski definition) is 4. The molecular formula is C14H12Cl2N2O2. The van der Waals surface area contributed by atoms with Gasteiger partial charge in [-0.05, 0) is 36.8 Å². The Morgan fingerprint density at radius 2 is 2.00 bits per heavy atom. The van der Waals surface area contributed by atoms with Crippen LogP contribution in [0.1, 0.15) is 15.9 Å². The van der Waals surface area contributed by atoms with Crippen LogP contribution < -0.4 is 5.32 Å². The number of pyridine rings is 1. The molecule has 2 rings (SSSR count). The van der Waals surface area contributed by atoms with Crippen molar-refractivity contribution in [3.05, 3.63) is 51.6 Å². The summed E-state index contributed by atoms with van der Waals surface area (Å²) in [5, 5.41) is 4.15. The second kappa shape index (κ2) is 6.11. The summed E-state index contributed by atoms with van der Waals surface area (Å²) < 4.78 is 4.66. The largest absolute Gasteiger partial charge is 0.465 e. The van der Waals surface area contributed by atoms with Crippen LogP contribution in [0.4, 0.5) is 11.5 Å². The summed E-state index contributed by atoms with van der Waals surface area (Å²) in [4.78, 5) is 15.6.